The molecule has 0 aliphatic heterocycles. The van der Waals surface area contributed by atoms with Crippen molar-refractivity contribution in [1.29, 1.82) is 0 Å². The van der Waals surface area contributed by atoms with E-state index in [0.717, 1.165) is 5.56 Å². The van der Waals surface area contributed by atoms with Crippen LogP contribution in [-0.4, -0.2) is 24.2 Å². The maximum absolute atomic E-state index is 11.3. The van der Waals surface area contributed by atoms with Crippen molar-refractivity contribution in [3.63, 3.8) is 0 Å². The number of benzene rings is 1. The Morgan fingerprint density at radius 2 is 2.07 bits per heavy atom. The first-order valence-electron chi connectivity index (χ1n) is 4.28. The van der Waals surface area contributed by atoms with Gasteiger partial charge in [-0.2, -0.15) is 0 Å². The maximum Gasteiger partial charge on any atom is 0.281 e. The minimum absolute atomic E-state index is 0.00559. The van der Waals surface area contributed by atoms with Crippen LogP contribution in [-0.2, 0) is 5.75 Å². The monoisotopic (exact) mass is 263 g/mol. The molecule has 0 aliphatic carbocycles. The van der Waals surface area contributed by atoms with Crippen molar-refractivity contribution in [2.75, 3.05) is 14.1 Å². The summed E-state index contributed by atoms with van der Waals surface area (Å²) in [4.78, 5) is 12.9. The van der Waals surface area contributed by atoms with Gasteiger partial charge in [-0.05, 0) is 23.8 Å². The zero-order valence-electron chi connectivity index (χ0n) is 8.46. The van der Waals surface area contributed by atoms with Gasteiger partial charge >= 0.3 is 0 Å². The first-order valence-corrected chi connectivity index (χ1v) is 6.03. The number of hydrogen-bond acceptors (Lipinski definition) is 2. The third kappa shape index (κ3) is 3.93. The first-order chi connectivity index (χ1) is 7.00. The molecule has 82 valence electrons. The van der Waals surface area contributed by atoms with Gasteiger partial charge < -0.3 is 4.90 Å². The third-order valence-corrected chi connectivity index (χ3v) is 3.40. The van der Waals surface area contributed by atoms with E-state index in [1.807, 2.05) is 0 Å². The number of thioether (sulfide) groups is 1. The molecule has 0 atom stereocenters. The molecule has 0 N–H and O–H groups in total. The minimum Gasteiger partial charge on any atom is -0.340 e. The molecule has 0 aliphatic rings. The Labute approximate surface area is 104 Å². The second-order valence-electron chi connectivity index (χ2n) is 3.18. The van der Waals surface area contributed by atoms with E-state index in [-0.39, 0.29) is 5.24 Å². The van der Waals surface area contributed by atoms with Crippen LogP contribution in [0.25, 0.3) is 0 Å². The number of rotatable bonds is 2. The molecule has 15 heavy (non-hydrogen) atoms. The molecule has 1 aromatic carbocycles. The summed E-state index contributed by atoms with van der Waals surface area (Å²) in [6.45, 7) is 0. The minimum atomic E-state index is 0.00559. The van der Waals surface area contributed by atoms with Gasteiger partial charge in [-0.1, -0.05) is 35.0 Å². The Kier molecular flexibility index (Phi) is 4.77. The van der Waals surface area contributed by atoms with Crippen molar-refractivity contribution in [3.05, 3.63) is 33.8 Å². The lowest BCUT2D eigenvalue weighted by atomic mass is 10.2. The number of carbonyl (C=O) groups excluding carboxylic acids is 1. The molecule has 0 fully saturated rings. The van der Waals surface area contributed by atoms with E-state index in [9.17, 15) is 4.79 Å². The van der Waals surface area contributed by atoms with Gasteiger partial charge in [-0.3, -0.25) is 4.79 Å². The Balaban J connectivity index is 2.65. The molecule has 0 radical (unpaired) electrons. The van der Waals surface area contributed by atoms with E-state index in [1.165, 1.54) is 16.7 Å². The zero-order chi connectivity index (χ0) is 11.4. The van der Waals surface area contributed by atoms with Crippen LogP contribution < -0.4 is 0 Å². The van der Waals surface area contributed by atoms with Crippen LogP contribution in [0.4, 0.5) is 4.79 Å². The van der Waals surface area contributed by atoms with E-state index in [4.69, 9.17) is 23.2 Å². The fraction of sp³-hybridized carbons (Fsp3) is 0.300. The predicted molar refractivity (Wildman–Crippen MR) is 66.8 cm³/mol. The van der Waals surface area contributed by atoms with Crippen LogP contribution >= 0.6 is 35.0 Å². The van der Waals surface area contributed by atoms with E-state index >= 15 is 0 Å². The predicted octanol–water partition coefficient (Wildman–Crippen LogP) is 3.91. The van der Waals surface area contributed by atoms with Crippen LogP contribution in [0.3, 0.4) is 0 Å². The van der Waals surface area contributed by atoms with Crippen LogP contribution in [0, 0.1) is 0 Å². The van der Waals surface area contributed by atoms with Gasteiger partial charge in [0.05, 0.1) is 0 Å². The summed E-state index contributed by atoms with van der Waals surface area (Å²) in [6, 6.07) is 5.24. The highest BCUT2D eigenvalue weighted by molar-refractivity contribution is 8.12. The van der Waals surface area contributed by atoms with Crippen LogP contribution in [0.15, 0.2) is 18.2 Å². The summed E-state index contributed by atoms with van der Waals surface area (Å²) in [5.41, 5.74) is 0.879. The van der Waals surface area contributed by atoms with Gasteiger partial charge in [-0.15, -0.1) is 0 Å². The van der Waals surface area contributed by atoms with Gasteiger partial charge in [0.1, 0.15) is 0 Å². The van der Waals surface area contributed by atoms with Gasteiger partial charge in [-0.25, -0.2) is 0 Å². The highest BCUT2D eigenvalue weighted by Crippen LogP contribution is 2.25. The Hall–Kier alpha value is -0.380. The van der Waals surface area contributed by atoms with Gasteiger partial charge in [0.15, 0.2) is 0 Å². The molecule has 0 aromatic heterocycles. The highest BCUT2D eigenvalue weighted by atomic mass is 35.5. The smallest absolute Gasteiger partial charge is 0.281 e. The SMILES string of the molecule is CN(C)C(=O)SCc1cc(Cl)ccc1Cl. The molecule has 5 heteroatoms. The number of halogens is 2. The topological polar surface area (TPSA) is 20.3 Å². The second kappa shape index (κ2) is 5.64. The Bertz CT molecular complexity index is 368. The van der Waals surface area contributed by atoms with Crippen molar-refractivity contribution >= 4 is 40.2 Å². The summed E-state index contributed by atoms with van der Waals surface area (Å²) in [6.07, 6.45) is 0. The van der Waals surface area contributed by atoms with Crippen molar-refractivity contribution in [3.8, 4) is 0 Å². The number of hydrogen-bond donors (Lipinski definition) is 0. The standard InChI is InChI=1S/C10H11Cl2NOS/c1-13(2)10(14)15-6-7-5-8(11)3-4-9(7)12/h3-5H,6H2,1-2H3. The van der Waals surface area contributed by atoms with Gasteiger partial charge in [0.2, 0.25) is 0 Å². The van der Waals surface area contributed by atoms with E-state index in [0.29, 0.717) is 15.8 Å². The van der Waals surface area contributed by atoms with E-state index < -0.39 is 0 Å². The average Bonchev–Trinajstić information content (AvgIpc) is 2.18. The van der Waals surface area contributed by atoms with E-state index in [1.54, 1.807) is 32.3 Å². The van der Waals surface area contributed by atoms with Crippen LogP contribution in [0.1, 0.15) is 5.56 Å². The maximum atomic E-state index is 11.3. The summed E-state index contributed by atoms with van der Waals surface area (Å²) in [5, 5.41) is 1.27. The highest BCUT2D eigenvalue weighted by Gasteiger charge is 2.07. The average molecular weight is 264 g/mol. The van der Waals surface area contributed by atoms with Crippen LogP contribution in [0.5, 0.6) is 0 Å². The quantitative estimate of drug-likeness (QED) is 0.807. The lowest BCUT2D eigenvalue weighted by Gasteiger charge is -2.09. The molecule has 0 saturated carbocycles. The molecule has 1 aromatic rings. The largest absolute Gasteiger partial charge is 0.340 e. The molecule has 1 rings (SSSR count). The fourth-order valence-corrected chi connectivity index (χ4v) is 2.16. The molecule has 2 nitrogen and oxygen atoms in total. The second-order valence-corrected chi connectivity index (χ2v) is 4.95. The number of amides is 1. The summed E-state index contributed by atoms with van der Waals surface area (Å²) >= 11 is 13.0. The molecular weight excluding hydrogens is 253 g/mol. The molecular formula is C10H11Cl2NOS. The number of carbonyl (C=O) groups is 1. The van der Waals surface area contributed by atoms with Crippen molar-refractivity contribution in [1.82, 2.24) is 4.90 Å². The van der Waals surface area contributed by atoms with Crippen LogP contribution in [0.2, 0.25) is 10.0 Å². The summed E-state index contributed by atoms with van der Waals surface area (Å²) < 4.78 is 0. The third-order valence-electron chi connectivity index (χ3n) is 1.72. The lowest BCUT2D eigenvalue weighted by molar-refractivity contribution is 0.241. The van der Waals surface area contributed by atoms with Crippen molar-refractivity contribution in [2.24, 2.45) is 0 Å². The zero-order valence-corrected chi connectivity index (χ0v) is 10.8. The fourth-order valence-electron chi connectivity index (χ4n) is 0.923. The molecule has 1 amide bonds. The summed E-state index contributed by atoms with van der Waals surface area (Å²) in [7, 11) is 3.43. The Morgan fingerprint density at radius 3 is 2.67 bits per heavy atom. The first kappa shape index (κ1) is 12.7. The molecule has 0 unspecified atom stereocenters. The van der Waals surface area contributed by atoms with Crippen molar-refractivity contribution < 1.29 is 4.79 Å². The Morgan fingerprint density at radius 1 is 1.40 bits per heavy atom. The molecule has 0 bridgehead atoms. The molecule has 0 heterocycles. The van der Waals surface area contributed by atoms with Gasteiger partial charge in [0, 0.05) is 29.9 Å². The normalized spacial score (nSPS) is 10.1. The molecule has 0 saturated heterocycles. The van der Waals surface area contributed by atoms with Crippen molar-refractivity contribution in [2.45, 2.75) is 5.75 Å². The lowest BCUT2D eigenvalue weighted by Crippen LogP contribution is -2.16. The molecule has 0 spiro atoms. The summed E-state index contributed by atoms with van der Waals surface area (Å²) in [5.74, 6) is 0.538. The van der Waals surface area contributed by atoms with Gasteiger partial charge in [0.25, 0.3) is 5.24 Å². The number of nitrogens with zero attached hydrogens (tertiary/aromatic N) is 1. The van der Waals surface area contributed by atoms with E-state index in [2.05, 4.69) is 0 Å².